The molecule has 0 aliphatic heterocycles. The second-order valence-corrected chi connectivity index (χ2v) is 11.7. The van der Waals surface area contributed by atoms with Gasteiger partial charge in [-0.2, -0.15) is 0 Å². The van der Waals surface area contributed by atoms with E-state index in [1.54, 1.807) is 0 Å². The summed E-state index contributed by atoms with van der Waals surface area (Å²) in [6, 6.07) is 45.8. The van der Waals surface area contributed by atoms with Crippen molar-refractivity contribution in [2.45, 2.75) is 6.92 Å². The third-order valence-electron chi connectivity index (χ3n) is 6.27. The molecular weight excluding hydrogens is 419 g/mol. The summed E-state index contributed by atoms with van der Waals surface area (Å²) in [5, 5.41) is 6.68. The summed E-state index contributed by atoms with van der Waals surface area (Å²) in [6.07, 6.45) is 0. The number of Topliss-reactive ketones (excluding diaryl/α,β-unsaturated/α-hetero) is 1. The van der Waals surface area contributed by atoms with Crippen LogP contribution in [0, 0.1) is 0 Å². The van der Waals surface area contributed by atoms with E-state index < -0.39 is 6.89 Å². The maximum Gasteiger partial charge on any atom is 0.189 e. The van der Waals surface area contributed by atoms with Crippen LogP contribution in [0.5, 0.6) is 0 Å². The first-order valence-corrected chi connectivity index (χ1v) is 12.9. The van der Waals surface area contributed by atoms with E-state index in [2.05, 4.69) is 84.9 Å². The molecule has 5 aromatic carbocycles. The molecule has 0 radical (unpaired) electrons. The van der Waals surface area contributed by atoms with Gasteiger partial charge in [0.25, 0.3) is 0 Å². The first-order chi connectivity index (χ1) is 16.2. The molecule has 1 nitrogen and oxygen atoms in total. The van der Waals surface area contributed by atoms with Crippen molar-refractivity contribution < 1.29 is 4.79 Å². The Morgan fingerprint density at radius 1 is 0.515 bits per heavy atom. The summed E-state index contributed by atoms with van der Waals surface area (Å²) in [5.74, 6) is 0.102. The van der Waals surface area contributed by atoms with Crippen molar-refractivity contribution in [3.05, 3.63) is 139 Å². The number of carbonyl (C=O) groups excluding carboxylic acids is 1. The van der Waals surface area contributed by atoms with Crippen LogP contribution in [0.1, 0.15) is 17.3 Å². The van der Waals surface area contributed by atoms with Gasteiger partial charge in [-0.25, -0.2) is 0 Å². The topological polar surface area (TPSA) is 17.1 Å². The van der Waals surface area contributed by atoms with Gasteiger partial charge in [0.2, 0.25) is 0 Å². The summed E-state index contributed by atoms with van der Waals surface area (Å²) < 4.78 is 0. The van der Waals surface area contributed by atoms with Crippen LogP contribution in [0.4, 0.5) is 0 Å². The maximum atomic E-state index is 14.1. The summed E-state index contributed by atoms with van der Waals surface area (Å²) in [6.45, 7) is -0.319. The molecular formula is C31H25OP. The van der Waals surface area contributed by atoms with Crippen LogP contribution < -0.4 is 15.9 Å². The highest BCUT2D eigenvalue weighted by Gasteiger charge is 2.31. The minimum atomic E-state index is -2.36. The third-order valence-corrected chi connectivity index (χ3v) is 10.7. The van der Waals surface area contributed by atoms with Crippen LogP contribution >= 0.6 is 6.89 Å². The van der Waals surface area contributed by atoms with E-state index in [0.29, 0.717) is 0 Å². The van der Waals surface area contributed by atoms with E-state index in [4.69, 9.17) is 0 Å². The zero-order valence-corrected chi connectivity index (χ0v) is 19.5. The van der Waals surface area contributed by atoms with Crippen LogP contribution in [0.2, 0.25) is 0 Å². The number of ketones is 1. The van der Waals surface area contributed by atoms with Crippen LogP contribution in [0.3, 0.4) is 0 Å². The molecule has 160 valence electrons. The van der Waals surface area contributed by atoms with E-state index in [0.717, 1.165) is 21.6 Å². The second-order valence-electron chi connectivity index (χ2n) is 8.15. The number of benzene rings is 5. The van der Waals surface area contributed by atoms with Gasteiger partial charge in [-0.05, 0) is 46.6 Å². The van der Waals surface area contributed by atoms with Gasteiger partial charge in [-0.15, -0.1) is 0 Å². The predicted octanol–water partition coefficient (Wildman–Crippen LogP) is 6.21. The summed E-state index contributed by atoms with van der Waals surface area (Å²) >= 11 is 0. The lowest BCUT2D eigenvalue weighted by Crippen LogP contribution is -2.32. The summed E-state index contributed by atoms with van der Waals surface area (Å²) in [4.78, 5) is 14.1. The van der Waals surface area contributed by atoms with Gasteiger partial charge in [0.05, 0.1) is 0 Å². The molecule has 2 heteroatoms. The van der Waals surface area contributed by atoms with Crippen LogP contribution in [-0.2, 0) is 0 Å². The molecule has 5 rings (SSSR count). The van der Waals surface area contributed by atoms with E-state index in [-0.39, 0.29) is 5.78 Å². The lowest BCUT2D eigenvalue weighted by Gasteiger charge is -2.31. The van der Waals surface area contributed by atoms with Gasteiger partial charge in [0, 0.05) is 10.9 Å². The normalized spacial score (nSPS) is 11.3. The highest BCUT2D eigenvalue weighted by Crippen LogP contribution is 2.46. The van der Waals surface area contributed by atoms with Crippen LogP contribution in [0.15, 0.2) is 133 Å². The SMILES string of the molecule is CC(C(=O)c1ccc2ccccc2c1)=P(c1ccccc1)(c1ccccc1)c1ccccc1. The van der Waals surface area contributed by atoms with Gasteiger partial charge in [-0.1, -0.05) is 127 Å². The van der Waals surface area contributed by atoms with Gasteiger partial charge in [0.15, 0.2) is 5.78 Å². The number of carbonyl (C=O) groups is 1. The molecule has 0 aromatic heterocycles. The van der Waals surface area contributed by atoms with E-state index in [9.17, 15) is 4.79 Å². The number of rotatable bonds is 5. The molecule has 0 aliphatic rings. The molecule has 0 atom stereocenters. The second kappa shape index (κ2) is 9.06. The molecule has 5 aromatic rings. The van der Waals surface area contributed by atoms with E-state index >= 15 is 0 Å². The quantitative estimate of drug-likeness (QED) is 0.233. The fourth-order valence-corrected chi connectivity index (χ4v) is 9.02. The van der Waals surface area contributed by atoms with Crippen molar-refractivity contribution in [3.63, 3.8) is 0 Å². The zero-order valence-electron chi connectivity index (χ0n) is 18.6. The standard InChI is InChI=1S/C31H25OP/c1-24(31(32)27-22-21-25-13-11-12-14-26(25)23-27)33(28-15-5-2-6-16-28,29-17-7-3-8-18-29)30-19-9-4-10-20-30/h2-23H,1H3. The van der Waals surface area contributed by atoms with Crippen molar-refractivity contribution in [2.24, 2.45) is 0 Å². The maximum absolute atomic E-state index is 14.1. The minimum absolute atomic E-state index is 0.102. The Bertz CT molecular complexity index is 1370. The zero-order chi connectivity index (χ0) is 22.7. The number of hydrogen-bond acceptors (Lipinski definition) is 1. The predicted molar refractivity (Wildman–Crippen MR) is 144 cm³/mol. The molecule has 0 saturated carbocycles. The largest absolute Gasteiger partial charge is 0.289 e. The Kier molecular flexibility index (Phi) is 5.82. The van der Waals surface area contributed by atoms with Gasteiger partial charge in [-0.3, -0.25) is 4.79 Å². The average molecular weight is 445 g/mol. The highest BCUT2D eigenvalue weighted by molar-refractivity contribution is 7.96. The molecule has 0 unspecified atom stereocenters. The molecule has 33 heavy (non-hydrogen) atoms. The molecule has 0 bridgehead atoms. The third kappa shape index (κ3) is 3.75. The van der Waals surface area contributed by atoms with Crippen molar-refractivity contribution in [2.75, 3.05) is 0 Å². The van der Waals surface area contributed by atoms with E-state index in [1.807, 2.05) is 55.5 Å². The lowest BCUT2D eigenvalue weighted by atomic mass is 10.0. The fourth-order valence-electron chi connectivity index (χ4n) is 4.67. The molecule has 0 heterocycles. The Balaban J connectivity index is 1.87. The minimum Gasteiger partial charge on any atom is -0.289 e. The highest BCUT2D eigenvalue weighted by atomic mass is 31.2. The Labute approximate surface area is 195 Å². The summed E-state index contributed by atoms with van der Waals surface area (Å²) in [7, 11) is 0. The van der Waals surface area contributed by atoms with Gasteiger partial charge >= 0.3 is 0 Å². The smallest absolute Gasteiger partial charge is 0.189 e. The van der Waals surface area contributed by atoms with Crippen molar-refractivity contribution >= 4 is 44.6 Å². The fraction of sp³-hybridized carbons (Fsp3) is 0.0323. The molecule has 0 fully saturated rings. The van der Waals surface area contributed by atoms with Crippen molar-refractivity contribution in [1.82, 2.24) is 0 Å². The first kappa shape index (κ1) is 21.2. The number of fused-ring (bicyclic) bond motifs is 1. The summed E-state index contributed by atoms with van der Waals surface area (Å²) in [5.41, 5.74) is 0.735. The van der Waals surface area contributed by atoms with E-state index in [1.165, 1.54) is 15.9 Å². The monoisotopic (exact) mass is 444 g/mol. The molecule has 0 aliphatic carbocycles. The van der Waals surface area contributed by atoms with Gasteiger partial charge in [0.1, 0.15) is 0 Å². The van der Waals surface area contributed by atoms with Crippen molar-refractivity contribution in [3.8, 4) is 0 Å². The molecule has 0 amide bonds. The molecule has 0 spiro atoms. The lowest BCUT2D eigenvalue weighted by molar-refractivity contribution is 0.106. The average Bonchev–Trinajstić information content (AvgIpc) is 2.90. The molecule has 0 N–H and O–H groups in total. The van der Waals surface area contributed by atoms with Crippen molar-refractivity contribution in [1.29, 1.82) is 0 Å². The Hall–Kier alpha value is -3.67. The molecule has 0 saturated heterocycles. The number of hydrogen-bond donors (Lipinski definition) is 0. The first-order valence-electron chi connectivity index (χ1n) is 11.1. The van der Waals surface area contributed by atoms with Gasteiger partial charge < -0.3 is 0 Å². The van der Waals surface area contributed by atoms with Crippen LogP contribution in [-0.4, -0.2) is 11.1 Å². The van der Waals surface area contributed by atoms with Crippen LogP contribution in [0.25, 0.3) is 10.8 Å². The Morgan fingerprint density at radius 2 is 0.939 bits per heavy atom. The Morgan fingerprint density at radius 3 is 1.42 bits per heavy atom.